The minimum absolute atomic E-state index is 0.304. The first kappa shape index (κ1) is 16.3. The first-order valence-corrected chi connectivity index (χ1v) is 6.84. The summed E-state index contributed by atoms with van der Waals surface area (Å²) < 4.78 is 10.6. The Morgan fingerprint density at radius 1 is 1.30 bits per heavy atom. The molecule has 0 atom stereocenters. The van der Waals surface area contributed by atoms with Crippen molar-refractivity contribution in [3.05, 3.63) is 23.8 Å². The largest absolute Gasteiger partial charge is 0.462 e. The Balaban J connectivity index is 2.79. The van der Waals surface area contributed by atoms with Crippen LogP contribution in [0.15, 0.2) is 18.2 Å². The molecule has 1 rings (SSSR count). The molecule has 0 aliphatic heterocycles. The first-order valence-electron chi connectivity index (χ1n) is 6.84. The third-order valence-corrected chi connectivity index (χ3v) is 2.80. The molecule has 112 valence electrons. The van der Waals surface area contributed by atoms with Crippen molar-refractivity contribution in [2.24, 2.45) is 0 Å². The maximum Gasteiger partial charge on any atom is 0.338 e. The van der Waals surface area contributed by atoms with Crippen molar-refractivity contribution >= 4 is 17.3 Å². The van der Waals surface area contributed by atoms with E-state index in [0.717, 1.165) is 0 Å². The van der Waals surface area contributed by atoms with Crippen molar-refractivity contribution in [2.45, 2.75) is 33.3 Å². The van der Waals surface area contributed by atoms with E-state index in [0.29, 0.717) is 36.7 Å². The smallest absolute Gasteiger partial charge is 0.338 e. The van der Waals surface area contributed by atoms with Crippen LogP contribution in [0, 0.1) is 0 Å². The van der Waals surface area contributed by atoms with Crippen LogP contribution in [0.25, 0.3) is 0 Å². The highest BCUT2D eigenvalue weighted by molar-refractivity contribution is 5.92. The molecule has 0 saturated heterocycles. The van der Waals surface area contributed by atoms with Gasteiger partial charge in [0.15, 0.2) is 0 Å². The summed E-state index contributed by atoms with van der Waals surface area (Å²) in [6.45, 7) is 9.31. The second kappa shape index (κ2) is 7.14. The Kier molecular flexibility index (Phi) is 5.82. The third-order valence-electron chi connectivity index (χ3n) is 2.80. The summed E-state index contributed by atoms with van der Waals surface area (Å²) in [5.74, 6) is -0.348. The van der Waals surface area contributed by atoms with Crippen LogP contribution in [0.3, 0.4) is 0 Å². The summed E-state index contributed by atoms with van der Waals surface area (Å²) in [6, 6.07) is 5.06. The van der Waals surface area contributed by atoms with Crippen LogP contribution < -0.4 is 11.1 Å². The lowest BCUT2D eigenvalue weighted by Crippen LogP contribution is -2.33. The lowest BCUT2D eigenvalue weighted by atomic mass is 10.1. The van der Waals surface area contributed by atoms with Crippen molar-refractivity contribution < 1.29 is 14.3 Å². The fourth-order valence-corrected chi connectivity index (χ4v) is 1.80. The molecule has 0 aliphatic carbocycles. The van der Waals surface area contributed by atoms with Gasteiger partial charge in [0.05, 0.1) is 29.1 Å². The van der Waals surface area contributed by atoms with Gasteiger partial charge in [0.25, 0.3) is 0 Å². The maximum absolute atomic E-state index is 11.7. The highest BCUT2D eigenvalue weighted by Crippen LogP contribution is 2.22. The van der Waals surface area contributed by atoms with E-state index in [9.17, 15) is 4.79 Å². The molecule has 3 N–H and O–H groups in total. The number of carbonyl (C=O) groups is 1. The molecule has 0 saturated carbocycles. The summed E-state index contributed by atoms with van der Waals surface area (Å²) in [6.07, 6.45) is 0. The highest BCUT2D eigenvalue weighted by atomic mass is 16.5. The number of nitrogens with two attached hydrogens (primary N) is 1. The summed E-state index contributed by atoms with van der Waals surface area (Å²) in [7, 11) is 0. The lowest BCUT2D eigenvalue weighted by molar-refractivity contribution is 0.000708. The quantitative estimate of drug-likeness (QED) is 0.593. The third kappa shape index (κ3) is 4.74. The number of nitrogens with one attached hydrogen (secondary N) is 1. The number of anilines is 2. The Morgan fingerprint density at radius 2 is 2.00 bits per heavy atom. The Bertz CT molecular complexity index is 458. The zero-order chi connectivity index (χ0) is 15.2. The molecule has 0 amide bonds. The van der Waals surface area contributed by atoms with E-state index in [1.165, 1.54) is 0 Å². The Hall–Kier alpha value is -1.75. The van der Waals surface area contributed by atoms with Crippen molar-refractivity contribution in [3.8, 4) is 0 Å². The van der Waals surface area contributed by atoms with Crippen molar-refractivity contribution in [1.29, 1.82) is 0 Å². The van der Waals surface area contributed by atoms with E-state index in [1.807, 2.05) is 20.8 Å². The number of hydrogen-bond acceptors (Lipinski definition) is 5. The van der Waals surface area contributed by atoms with E-state index < -0.39 is 0 Å². The van der Waals surface area contributed by atoms with Gasteiger partial charge >= 0.3 is 5.97 Å². The van der Waals surface area contributed by atoms with Gasteiger partial charge in [-0.05, 0) is 45.9 Å². The highest BCUT2D eigenvalue weighted by Gasteiger charge is 2.18. The van der Waals surface area contributed by atoms with Gasteiger partial charge in [0.1, 0.15) is 0 Å². The minimum atomic E-state index is -0.348. The van der Waals surface area contributed by atoms with E-state index in [2.05, 4.69) is 5.32 Å². The van der Waals surface area contributed by atoms with Crippen LogP contribution in [0.5, 0.6) is 0 Å². The fourth-order valence-electron chi connectivity index (χ4n) is 1.80. The van der Waals surface area contributed by atoms with E-state index in [4.69, 9.17) is 15.2 Å². The summed E-state index contributed by atoms with van der Waals surface area (Å²) in [5.41, 5.74) is 7.39. The van der Waals surface area contributed by atoms with Crippen molar-refractivity contribution in [3.63, 3.8) is 0 Å². The zero-order valence-corrected chi connectivity index (χ0v) is 12.7. The number of nitrogen functional groups attached to an aromatic ring is 1. The number of ether oxygens (including phenoxy) is 2. The summed E-state index contributed by atoms with van der Waals surface area (Å²) >= 11 is 0. The van der Waals surface area contributed by atoms with Gasteiger partial charge in [0, 0.05) is 13.2 Å². The second-order valence-electron chi connectivity index (χ2n) is 5.07. The molecule has 20 heavy (non-hydrogen) atoms. The van der Waals surface area contributed by atoms with Gasteiger partial charge in [-0.25, -0.2) is 4.79 Å². The van der Waals surface area contributed by atoms with E-state index >= 15 is 0 Å². The van der Waals surface area contributed by atoms with Gasteiger partial charge in [-0.3, -0.25) is 0 Å². The molecule has 0 fully saturated rings. The molecule has 0 aliphatic rings. The molecule has 5 nitrogen and oxygen atoms in total. The van der Waals surface area contributed by atoms with Crippen molar-refractivity contribution in [1.82, 2.24) is 0 Å². The lowest BCUT2D eigenvalue weighted by Gasteiger charge is -2.26. The van der Waals surface area contributed by atoms with Gasteiger partial charge in [-0.1, -0.05) is 0 Å². The molecule has 0 spiro atoms. The monoisotopic (exact) mass is 280 g/mol. The number of hydrogen-bond donors (Lipinski definition) is 2. The van der Waals surface area contributed by atoms with E-state index in [1.54, 1.807) is 25.1 Å². The predicted molar refractivity (Wildman–Crippen MR) is 81.0 cm³/mol. The summed E-state index contributed by atoms with van der Waals surface area (Å²) in [5, 5.41) is 3.22. The van der Waals surface area contributed by atoms with Crippen LogP contribution in [-0.2, 0) is 9.47 Å². The summed E-state index contributed by atoms with van der Waals surface area (Å²) in [4.78, 5) is 11.7. The number of benzene rings is 1. The predicted octanol–water partition coefficient (Wildman–Crippen LogP) is 2.67. The molecule has 0 radical (unpaired) electrons. The number of carbonyl (C=O) groups excluding carboxylic acids is 1. The van der Waals surface area contributed by atoms with E-state index in [-0.39, 0.29) is 11.6 Å². The first-order chi connectivity index (χ1) is 9.39. The molecular weight excluding hydrogens is 256 g/mol. The normalized spacial score (nSPS) is 11.2. The SMILES string of the molecule is CCOC(=O)c1ccc(N)c(NCC(C)(C)OCC)c1. The minimum Gasteiger partial charge on any atom is -0.462 e. The molecule has 1 aromatic rings. The van der Waals surface area contributed by atoms with Crippen LogP contribution in [0.2, 0.25) is 0 Å². The average Bonchev–Trinajstić information content (AvgIpc) is 2.38. The standard InChI is InChI=1S/C15H24N2O3/c1-5-19-14(18)11-7-8-12(16)13(9-11)17-10-15(3,4)20-6-2/h7-9,17H,5-6,10,16H2,1-4H3. The second-order valence-corrected chi connectivity index (χ2v) is 5.07. The molecule has 1 aromatic carbocycles. The van der Waals surface area contributed by atoms with Gasteiger partial charge in [-0.2, -0.15) is 0 Å². The Labute approximate surface area is 120 Å². The zero-order valence-electron chi connectivity index (χ0n) is 12.7. The van der Waals surface area contributed by atoms with Gasteiger partial charge in [-0.15, -0.1) is 0 Å². The number of esters is 1. The van der Waals surface area contributed by atoms with Gasteiger partial charge < -0.3 is 20.5 Å². The molecule has 0 bridgehead atoms. The van der Waals surface area contributed by atoms with Gasteiger partial charge in [0.2, 0.25) is 0 Å². The molecule has 0 aromatic heterocycles. The molecule has 0 heterocycles. The van der Waals surface area contributed by atoms with Crippen LogP contribution >= 0.6 is 0 Å². The molecule has 0 unspecified atom stereocenters. The number of rotatable bonds is 7. The maximum atomic E-state index is 11.7. The molecule has 5 heteroatoms. The fraction of sp³-hybridized carbons (Fsp3) is 0.533. The average molecular weight is 280 g/mol. The van der Waals surface area contributed by atoms with Crippen LogP contribution in [0.1, 0.15) is 38.1 Å². The Morgan fingerprint density at radius 3 is 2.60 bits per heavy atom. The molecular formula is C15H24N2O3. The van der Waals surface area contributed by atoms with Crippen molar-refractivity contribution in [2.75, 3.05) is 30.8 Å². The van der Waals surface area contributed by atoms with Crippen LogP contribution in [-0.4, -0.2) is 31.3 Å². The van der Waals surface area contributed by atoms with Crippen LogP contribution in [0.4, 0.5) is 11.4 Å². The topological polar surface area (TPSA) is 73.6 Å².